The first-order valence-corrected chi connectivity index (χ1v) is 8.86. The lowest BCUT2D eigenvalue weighted by Gasteiger charge is -2.18. The van der Waals surface area contributed by atoms with Gasteiger partial charge in [0.2, 0.25) is 11.7 Å². The van der Waals surface area contributed by atoms with Crippen LogP contribution in [0.5, 0.6) is 11.5 Å². The van der Waals surface area contributed by atoms with Crippen LogP contribution in [0.25, 0.3) is 11.5 Å². The second kappa shape index (κ2) is 6.99. The van der Waals surface area contributed by atoms with Crippen molar-refractivity contribution in [1.29, 1.82) is 0 Å². The molecule has 2 aromatic heterocycles. The molecule has 0 unspecified atom stereocenters. The van der Waals surface area contributed by atoms with Crippen LogP contribution in [-0.2, 0) is 17.8 Å². The van der Waals surface area contributed by atoms with Gasteiger partial charge in [0, 0.05) is 18.1 Å². The van der Waals surface area contributed by atoms with Gasteiger partial charge in [0.25, 0.3) is 5.91 Å². The molecule has 1 aliphatic rings. The molecule has 0 saturated heterocycles. The monoisotopic (exact) mass is 384 g/mol. The number of amides is 1. The second-order valence-corrected chi connectivity index (χ2v) is 7.18. The van der Waals surface area contributed by atoms with Gasteiger partial charge >= 0.3 is 0 Å². The minimum atomic E-state index is -0.313. The van der Waals surface area contributed by atoms with Gasteiger partial charge in [0.15, 0.2) is 23.8 Å². The maximum Gasteiger partial charge on any atom is 0.258 e. The number of hydrogen-bond acceptors (Lipinski definition) is 8. The number of nitrogens with zero attached hydrogens (tertiary/aromatic N) is 3. The molecular weight excluding hydrogens is 364 g/mol. The van der Waals surface area contributed by atoms with Gasteiger partial charge in [-0.05, 0) is 26.8 Å². The Morgan fingerprint density at radius 2 is 2.14 bits per heavy atom. The molecule has 28 heavy (non-hydrogen) atoms. The summed E-state index contributed by atoms with van der Waals surface area (Å²) in [5, 5.41) is 10.3. The van der Waals surface area contributed by atoms with E-state index >= 15 is 0 Å². The van der Waals surface area contributed by atoms with E-state index in [-0.39, 0.29) is 30.6 Å². The summed E-state index contributed by atoms with van der Waals surface area (Å²) in [6.07, 6.45) is 0.802. The highest BCUT2D eigenvalue weighted by Crippen LogP contribution is 2.41. The van der Waals surface area contributed by atoms with Crippen molar-refractivity contribution in [3.05, 3.63) is 41.5 Å². The van der Waals surface area contributed by atoms with Crippen LogP contribution in [0.15, 0.2) is 33.3 Å². The lowest BCUT2D eigenvalue weighted by atomic mass is 10.0. The zero-order valence-electron chi connectivity index (χ0n) is 15.8. The fourth-order valence-electron chi connectivity index (χ4n) is 2.97. The van der Waals surface area contributed by atoms with Crippen LogP contribution < -0.4 is 14.8 Å². The summed E-state index contributed by atoms with van der Waals surface area (Å²) in [5.41, 5.74) is 1.27. The molecule has 9 heteroatoms. The van der Waals surface area contributed by atoms with E-state index < -0.39 is 0 Å². The summed E-state index contributed by atoms with van der Waals surface area (Å²) >= 11 is 0. The predicted molar refractivity (Wildman–Crippen MR) is 96.7 cm³/mol. The van der Waals surface area contributed by atoms with Crippen molar-refractivity contribution in [3.8, 4) is 23.0 Å². The fourth-order valence-corrected chi connectivity index (χ4v) is 2.97. The van der Waals surface area contributed by atoms with Crippen LogP contribution in [-0.4, -0.2) is 33.4 Å². The normalized spacial score (nSPS) is 14.4. The summed E-state index contributed by atoms with van der Waals surface area (Å²) in [6, 6.07) is 7.38. The highest BCUT2D eigenvalue weighted by atomic mass is 16.5. The van der Waals surface area contributed by atoms with E-state index in [9.17, 15) is 4.79 Å². The van der Waals surface area contributed by atoms with E-state index in [0.29, 0.717) is 28.8 Å². The first kappa shape index (κ1) is 18.0. The highest BCUT2D eigenvalue weighted by molar-refractivity contribution is 5.77. The van der Waals surface area contributed by atoms with Crippen molar-refractivity contribution < 1.29 is 23.3 Å². The predicted octanol–water partition coefficient (Wildman–Crippen LogP) is 2.44. The molecule has 1 aromatic carbocycles. The fraction of sp³-hybridized carbons (Fsp3) is 0.368. The standard InChI is InChI=1S/C19H20N4O5/c1-11-7-13(22-27-11)18-21-16(28-23-18)9-20-15(24)10-25-14-6-4-5-12-8-19(2,3)26-17(12)14/h4-7H,8-10H2,1-3H3,(H,20,24). The molecule has 1 aliphatic heterocycles. The highest BCUT2D eigenvalue weighted by Gasteiger charge is 2.32. The van der Waals surface area contributed by atoms with Crippen LogP contribution in [0.2, 0.25) is 0 Å². The van der Waals surface area contributed by atoms with E-state index in [1.54, 1.807) is 19.1 Å². The van der Waals surface area contributed by atoms with Crippen LogP contribution >= 0.6 is 0 Å². The number of nitrogens with one attached hydrogen (secondary N) is 1. The summed E-state index contributed by atoms with van der Waals surface area (Å²) in [6.45, 7) is 5.74. The quantitative estimate of drug-likeness (QED) is 0.689. The number of para-hydroxylation sites is 1. The van der Waals surface area contributed by atoms with Crippen LogP contribution in [0, 0.1) is 6.92 Å². The topological polar surface area (TPSA) is 113 Å². The molecule has 0 saturated carbocycles. The lowest BCUT2D eigenvalue weighted by Crippen LogP contribution is -2.28. The molecule has 1 N–H and O–H groups in total. The van der Waals surface area contributed by atoms with Gasteiger partial charge in [-0.3, -0.25) is 4.79 Å². The van der Waals surface area contributed by atoms with E-state index in [0.717, 1.165) is 12.0 Å². The molecule has 0 fully saturated rings. The van der Waals surface area contributed by atoms with Crippen molar-refractivity contribution in [2.45, 2.75) is 39.3 Å². The Balaban J connectivity index is 1.31. The molecule has 1 amide bonds. The SMILES string of the molecule is Cc1cc(-c2noc(CNC(=O)COc3cccc4c3OC(C)(C)C4)n2)no1. The zero-order chi connectivity index (χ0) is 19.7. The molecule has 0 bridgehead atoms. The van der Waals surface area contributed by atoms with Gasteiger partial charge < -0.3 is 23.8 Å². The molecule has 0 spiro atoms. The number of hydrogen-bond donors (Lipinski definition) is 1. The molecule has 0 atom stereocenters. The van der Waals surface area contributed by atoms with Crippen molar-refractivity contribution in [3.63, 3.8) is 0 Å². The van der Waals surface area contributed by atoms with Gasteiger partial charge in [-0.25, -0.2) is 0 Å². The molecule has 9 nitrogen and oxygen atoms in total. The van der Waals surface area contributed by atoms with Crippen molar-refractivity contribution >= 4 is 5.91 Å². The van der Waals surface area contributed by atoms with E-state index in [1.165, 1.54) is 0 Å². The third-order valence-corrected chi connectivity index (χ3v) is 4.18. The Bertz CT molecular complexity index is 1010. The second-order valence-electron chi connectivity index (χ2n) is 7.18. The van der Waals surface area contributed by atoms with E-state index in [2.05, 4.69) is 20.6 Å². The van der Waals surface area contributed by atoms with Crippen LogP contribution in [0.3, 0.4) is 0 Å². The first-order chi connectivity index (χ1) is 13.4. The Kier molecular flexibility index (Phi) is 4.50. The van der Waals surface area contributed by atoms with Crippen molar-refractivity contribution in [1.82, 2.24) is 20.6 Å². The third kappa shape index (κ3) is 3.83. The van der Waals surface area contributed by atoms with Crippen molar-refractivity contribution in [2.24, 2.45) is 0 Å². The molecule has 0 aliphatic carbocycles. The van der Waals surface area contributed by atoms with Gasteiger partial charge in [0.1, 0.15) is 11.4 Å². The minimum Gasteiger partial charge on any atom is -0.483 e. The number of carbonyl (C=O) groups excluding carboxylic acids is 1. The van der Waals surface area contributed by atoms with Crippen LogP contribution in [0.1, 0.15) is 31.1 Å². The summed E-state index contributed by atoms with van der Waals surface area (Å²) in [7, 11) is 0. The van der Waals surface area contributed by atoms with Gasteiger partial charge in [0.05, 0.1) is 6.54 Å². The summed E-state index contributed by atoms with van der Waals surface area (Å²) in [4.78, 5) is 16.3. The van der Waals surface area contributed by atoms with E-state index in [4.69, 9.17) is 18.5 Å². The molecule has 3 aromatic rings. The Labute approximate surface area is 161 Å². The van der Waals surface area contributed by atoms with Crippen molar-refractivity contribution in [2.75, 3.05) is 6.61 Å². The first-order valence-electron chi connectivity index (χ1n) is 8.86. The molecular formula is C19H20N4O5. The molecule has 0 radical (unpaired) electrons. The largest absolute Gasteiger partial charge is 0.483 e. The third-order valence-electron chi connectivity index (χ3n) is 4.18. The van der Waals surface area contributed by atoms with Crippen LogP contribution in [0.4, 0.5) is 0 Å². The van der Waals surface area contributed by atoms with Gasteiger partial charge in [-0.2, -0.15) is 4.98 Å². The number of aromatic nitrogens is 3. The minimum absolute atomic E-state index is 0.0858. The Hall–Kier alpha value is -3.36. The van der Waals surface area contributed by atoms with Gasteiger partial charge in [-0.15, -0.1) is 0 Å². The number of benzene rings is 1. The smallest absolute Gasteiger partial charge is 0.258 e. The maximum atomic E-state index is 12.1. The Morgan fingerprint density at radius 3 is 2.93 bits per heavy atom. The summed E-state index contributed by atoms with van der Waals surface area (Å²) < 4.78 is 21.7. The number of carbonyl (C=O) groups is 1. The van der Waals surface area contributed by atoms with Gasteiger partial charge in [-0.1, -0.05) is 22.4 Å². The van der Waals surface area contributed by atoms with E-state index in [1.807, 2.05) is 26.0 Å². The lowest BCUT2D eigenvalue weighted by molar-refractivity contribution is -0.123. The Morgan fingerprint density at radius 1 is 1.29 bits per heavy atom. The summed E-state index contributed by atoms with van der Waals surface area (Å²) in [5.74, 6) is 2.15. The average molecular weight is 384 g/mol. The number of aryl methyl sites for hydroxylation is 1. The zero-order valence-corrected chi connectivity index (χ0v) is 15.8. The molecule has 4 rings (SSSR count). The molecule has 146 valence electrons. The molecule has 3 heterocycles. The number of fused-ring (bicyclic) bond motifs is 1. The maximum absolute atomic E-state index is 12.1. The number of rotatable bonds is 6. The average Bonchev–Trinajstić information content (AvgIpc) is 3.35. The number of ether oxygens (including phenoxy) is 2.